The molecule has 0 bridgehead atoms. The first kappa shape index (κ1) is 16.1. The second-order valence-electron chi connectivity index (χ2n) is 4.75. The molecule has 0 spiro atoms. The molecule has 1 unspecified atom stereocenters. The van der Waals surface area contributed by atoms with Crippen LogP contribution in [0.1, 0.15) is 29.3 Å². The summed E-state index contributed by atoms with van der Waals surface area (Å²) in [5.74, 6) is -1.31. The van der Waals surface area contributed by atoms with Crippen LogP contribution in [0, 0.1) is 10.1 Å². The van der Waals surface area contributed by atoms with Crippen molar-refractivity contribution in [3.63, 3.8) is 0 Å². The number of carboxylic acids is 1. The van der Waals surface area contributed by atoms with E-state index < -0.39 is 22.7 Å². The summed E-state index contributed by atoms with van der Waals surface area (Å²) in [4.78, 5) is 23.2. The molecule has 0 aliphatic carbocycles. The van der Waals surface area contributed by atoms with E-state index in [-0.39, 0.29) is 12.1 Å². The molecule has 1 aromatic carbocycles. The van der Waals surface area contributed by atoms with E-state index in [4.69, 9.17) is 5.11 Å². The van der Waals surface area contributed by atoms with E-state index in [0.29, 0.717) is 18.5 Å². The molecule has 2 N–H and O–H groups in total. The van der Waals surface area contributed by atoms with Gasteiger partial charge < -0.3 is 15.1 Å². The van der Waals surface area contributed by atoms with Gasteiger partial charge in [0.1, 0.15) is 5.56 Å². The molecule has 0 saturated carbocycles. The molecule has 1 atom stereocenters. The molecule has 20 heavy (non-hydrogen) atoms. The van der Waals surface area contributed by atoms with E-state index >= 15 is 0 Å². The van der Waals surface area contributed by atoms with Crippen molar-refractivity contribution < 1.29 is 19.9 Å². The lowest BCUT2D eigenvalue weighted by Gasteiger charge is -2.18. The summed E-state index contributed by atoms with van der Waals surface area (Å²) in [7, 11) is 1.77. The van der Waals surface area contributed by atoms with Crippen molar-refractivity contribution in [1.29, 1.82) is 0 Å². The van der Waals surface area contributed by atoms with Crippen LogP contribution in [-0.2, 0) is 6.54 Å². The van der Waals surface area contributed by atoms with Gasteiger partial charge in [0, 0.05) is 19.2 Å². The van der Waals surface area contributed by atoms with Crippen molar-refractivity contribution >= 4 is 11.7 Å². The number of nitro benzene ring substituents is 1. The molecule has 0 radical (unpaired) electrons. The summed E-state index contributed by atoms with van der Waals surface area (Å²) in [6, 6.07) is 4.22. The third-order valence-corrected chi connectivity index (χ3v) is 2.91. The Morgan fingerprint density at radius 1 is 1.50 bits per heavy atom. The first-order chi connectivity index (χ1) is 9.32. The number of rotatable bonds is 7. The summed E-state index contributed by atoms with van der Waals surface area (Å²) >= 11 is 0. The van der Waals surface area contributed by atoms with Gasteiger partial charge in [-0.25, -0.2) is 4.79 Å². The monoisotopic (exact) mass is 282 g/mol. The molecule has 110 valence electrons. The van der Waals surface area contributed by atoms with Crippen molar-refractivity contribution in [2.75, 3.05) is 13.6 Å². The standard InChI is InChI=1S/C13H18N2O5/c1-9(16)6-7-14(2)8-10-4-3-5-11(15(19)20)12(10)13(17)18/h3-5,9,16H,6-8H2,1-2H3,(H,17,18). The average Bonchev–Trinajstić information content (AvgIpc) is 2.35. The van der Waals surface area contributed by atoms with E-state index in [1.54, 1.807) is 20.0 Å². The first-order valence-electron chi connectivity index (χ1n) is 6.19. The van der Waals surface area contributed by atoms with Gasteiger partial charge in [0.05, 0.1) is 11.0 Å². The highest BCUT2D eigenvalue weighted by atomic mass is 16.6. The lowest BCUT2D eigenvalue weighted by molar-refractivity contribution is -0.385. The number of carbonyl (C=O) groups is 1. The van der Waals surface area contributed by atoms with Crippen molar-refractivity contribution in [1.82, 2.24) is 4.90 Å². The highest BCUT2D eigenvalue weighted by Crippen LogP contribution is 2.23. The third kappa shape index (κ3) is 4.29. The number of carboxylic acid groups (broad SMARTS) is 1. The van der Waals surface area contributed by atoms with Crippen LogP contribution in [0.5, 0.6) is 0 Å². The lowest BCUT2D eigenvalue weighted by atomic mass is 10.0. The molecule has 0 aliphatic rings. The predicted octanol–water partition coefficient (Wildman–Crippen LogP) is 1.50. The Balaban J connectivity index is 2.97. The SMILES string of the molecule is CC(O)CCN(C)Cc1cccc([N+](=O)[O-])c1C(=O)O. The zero-order chi connectivity index (χ0) is 15.3. The van der Waals surface area contributed by atoms with Gasteiger partial charge >= 0.3 is 5.97 Å². The van der Waals surface area contributed by atoms with Gasteiger partial charge in [0.15, 0.2) is 0 Å². The van der Waals surface area contributed by atoms with E-state index in [1.807, 2.05) is 4.90 Å². The van der Waals surface area contributed by atoms with Crippen LogP contribution < -0.4 is 0 Å². The van der Waals surface area contributed by atoms with Crippen LogP contribution in [0.4, 0.5) is 5.69 Å². The zero-order valence-corrected chi connectivity index (χ0v) is 11.4. The van der Waals surface area contributed by atoms with Gasteiger partial charge in [-0.3, -0.25) is 10.1 Å². The summed E-state index contributed by atoms with van der Waals surface area (Å²) in [5, 5.41) is 29.3. The molecule has 0 amide bonds. The molecular weight excluding hydrogens is 264 g/mol. The van der Waals surface area contributed by atoms with Crippen molar-refractivity contribution in [2.24, 2.45) is 0 Å². The molecule has 0 aliphatic heterocycles. The number of hydrogen-bond donors (Lipinski definition) is 2. The van der Waals surface area contributed by atoms with Crippen LogP contribution in [0.25, 0.3) is 0 Å². The average molecular weight is 282 g/mol. The van der Waals surface area contributed by atoms with Crippen molar-refractivity contribution in [3.8, 4) is 0 Å². The number of nitro groups is 1. The lowest BCUT2D eigenvalue weighted by Crippen LogP contribution is -2.23. The van der Waals surface area contributed by atoms with Gasteiger partial charge in [-0.15, -0.1) is 0 Å². The highest BCUT2D eigenvalue weighted by Gasteiger charge is 2.23. The fraction of sp³-hybridized carbons (Fsp3) is 0.462. The smallest absolute Gasteiger partial charge is 0.343 e. The number of aliphatic hydroxyl groups is 1. The highest BCUT2D eigenvalue weighted by molar-refractivity contribution is 5.94. The summed E-state index contributed by atoms with van der Waals surface area (Å²) in [6.45, 7) is 2.51. The topological polar surface area (TPSA) is 104 Å². The quantitative estimate of drug-likeness (QED) is 0.580. The molecule has 0 aromatic heterocycles. The van der Waals surface area contributed by atoms with E-state index in [1.165, 1.54) is 12.1 Å². The Kier molecular flexibility index (Phi) is 5.60. The minimum atomic E-state index is -1.31. The first-order valence-corrected chi connectivity index (χ1v) is 6.19. The maximum Gasteiger partial charge on any atom is 0.343 e. The molecule has 7 nitrogen and oxygen atoms in total. The van der Waals surface area contributed by atoms with Crippen LogP contribution in [0.3, 0.4) is 0 Å². The number of aromatic carboxylic acids is 1. The van der Waals surface area contributed by atoms with E-state index in [0.717, 1.165) is 0 Å². The zero-order valence-electron chi connectivity index (χ0n) is 11.4. The Morgan fingerprint density at radius 3 is 2.65 bits per heavy atom. The fourth-order valence-corrected chi connectivity index (χ4v) is 1.89. The summed E-state index contributed by atoms with van der Waals surface area (Å²) in [5.41, 5.74) is -0.292. The minimum absolute atomic E-state index is 0.274. The third-order valence-electron chi connectivity index (χ3n) is 2.91. The largest absolute Gasteiger partial charge is 0.477 e. The Hall–Kier alpha value is -1.99. The van der Waals surface area contributed by atoms with Gasteiger partial charge in [-0.1, -0.05) is 12.1 Å². The molecule has 0 saturated heterocycles. The maximum absolute atomic E-state index is 11.2. The van der Waals surface area contributed by atoms with Crippen LogP contribution >= 0.6 is 0 Å². The molecule has 0 fully saturated rings. The molecule has 0 heterocycles. The van der Waals surface area contributed by atoms with Gasteiger partial charge in [-0.05, 0) is 26.0 Å². The number of aliphatic hydroxyl groups excluding tert-OH is 1. The Labute approximate surface area is 116 Å². The van der Waals surface area contributed by atoms with Crippen LogP contribution in [-0.4, -0.2) is 45.7 Å². The molecule has 1 rings (SSSR count). The van der Waals surface area contributed by atoms with Gasteiger partial charge in [-0.2, -0.15) is 0 Å². The fourth-order valence-electron chi connectivity index (χ4n) is 1.89. The van der Waals surface area contributed by atoms with E-state index in [2.05, 4.69) is 0 Å². The number of hydrogen-bond acceptors (Lipinski definition) is 5. The number of nitrogens with zero attached hydrogens (tertiary/aromatic N) is 2. The minimum Gasteiger partial charge on any atom is -0.477 e. The van der Waals surface area contributed by atoms with Crippen LogP contribution in [0.2, 0.25) is 0 Å². The summed E-state index contributed by atoms with van der Waals surface area (Å²) in [6.07, 6.45) is 0.106. The van der Waals surface area contributed by atoms with Crippen molar-refractivity contribution in [3.05, 3.63) is 39.4 Å². The second-order valence-corrected chi connectivity index (χ2v) is 4.75. The maximum atomic E-state index is 11.2. The molecular formula is C13H18N2O5. The molecule has 1 aromatic rings. The summed E-state index contributed by atoms with van der Waals surface area (Å²) < 4.78 is 0. The second kappa shape index (κ2) is 6.97. The Morgan fingerprint density at radius 2 is 2.15 bits per heavy atom. The predicted molar refractivity (Wildman–Crippen MR) is 72.7 cm³/mol. The van der Waals surface area contributed by atoms with Crippen molar-refractivity contribution in [2.45, 2.75) is 26.0 Å². The molecule has 7 heteroatoms. The van der Waals surface area contributed by atoms with Gasteiger partial charge in [0.2, 0.25) is 0 Å². The number of benzene rings is 1. The Bertz CT molecular complexity index is 502. The van der Waals surface area contributed by atoms with Gasteiger partial charge in [0.25, 0.3) is 5.69 Å². The van der Waals surface area contributed by atoms with Crippen LogP contribution in [0.15, 0.2) is 18.2 Å². The van der Waals surface area contributed by atoms with E-state index in [9.17, 15) is 20.0 Å². The normalized spacial score (nSPS) is 12.4.